The maximum absolute atomic E-state index is 5.43. The summed E-state index contributed by atoms with van der Waals surface area (Å²) in [5.74, 6) is 0.709. The van der Waals surface area contributed by atoms with Crippen molar-refractivity contribution in [1.29, 1.82) is 0 Å². The fourth-order valence-corrected chi connectivity index (χ4v) is 3.21. The number of fused-ring (bicyclic) bond motifs is 2. The van der Waals surface area contributed by atoms with Gasteiger partial charge in [-0.15, -0.1) is 0 Å². The molecule has 120 valence electrons. The van der Waals surface area contributed by atoms with Gasteiger partial charge in [-0.1, -0.05) is 12.1 Å². The first-order chi connectivity index (χ1) is 11.9. The van der Waals surface area contributed by atoms with E-state index in [1.165, 1.54) is 0 Å². The van der Waals surface area contributed by atoms with E-state index in [4.69, 9.17) is 9.72 Å². The Morgan fingerprint density at radius 1 is 1.04 bits per heavy atom. The topological polar surface area (TPSA) is 82.7 Å². The lowest BCUT2D eigenvalue weighted by Gasteiger charge is -2.27. The number of benzene rings is 1. The second-order valence-electron chi connectivity index (χ2n) is 5.82. The van der Waals surface area contributed by atoms with Crippen molar-refractivity contribution in [3.63, 3.8) is 0 Å². The standard InChI is InChI=1S/C17H16N6O/c1-2-12(11-4-5-18-13(11)3-1)14-15-16(20-10-19-15)22-17(21-14)23-6-8-24-9-7-23/h1-5,10,18H,6-9H2,(H,19,20,21,22). The largest absolute Gasteiger partial charge is 0.378 e. The van der Waals surface area contributed by atoms with Gasteiger partial charge < -0.3 is 19.6 Å². The molecule has 4 aromatic rings. The van der Waals surface area contributed by atoms with E-state index in [1.54, 1.807) is 6.33 Å². The number of nitrogens with one attached hydrogen (secondary N) is 2. The Kier molecular flexibility index (Phi) is 2.99. The lowest BCUT2D eigenvalue weighted by atomic mass is 10.1. The molecule has 1 saturated heterocycles. The quantitative estimate of drug-likeness (QED) is 0.592. The normalized spacial score (nSPS) is 15.4. The third-order valence-electron chi connectivity index (χ3n) is 4.42. The van der Waals surface area contributed by atoms with Crippen LogP contribution in [0.5, 0.6) is 0 Å². The molecule has 1 aliphatic heterocycles. The molecule has 0 spiro atoms. The second-order valence-corrected chi connectivity index (χ2v) is 5.82. The third kappa shape index (κ3) is 2.05. The van der Waals surface area contributed by atoms with Crippen LogP contribution >= 0.6 is 0 Å². The lowest BCUT2D eigenvalue weighted by molar-refractivity contribution is 0.122. The van der Waals surface area contributed by atoms with Crippen LogP contribution in [0.1, 0.15) is 0 Å². The molecule has 7 nitrogen and oxygen atoms in total. The van der Waals surface area contributed by atoms with E-state index in [0.717, 1.165) is 40.8 Å². The van der Waals surface area contributed by atoms with Crippen LogP contribution in [0.15, 0.2) is 36.8 Å². The number of rotatable bonds is 2. The molecule has 5 rings (SSSR count). The summed E-state index contributed by atoms with van der Waals surface area (Å²) in [5, 5.41) is 1.14. The number of morpholine rings is 1. The molecule has 0 saturated carbocycles. The smallest absolute Gasteiger partial charge is 0.228 e. The number of nitrogens with zero attached hydrogens (tertiary/aromatic N) is 4. The average molecular weight is 320 g/mol. The van der Waals surface area contributed by atoms with E-state index in [2.05, 4.69) is 43.0 Å². The SMILES string of the molecule is c1cc(-c2nc(N3CCOCC3)nc3nc[nH]c23)c2cc[nH]c2c1. The summed E-state index contributed by atoms with van der Waals surface area (Å²) >= 11 is 0. The Balaban J connectivity index is 1.74. The summed E-state index contributed by atoms with van der Waals surface area (Å²) in [4.78, 5) is 22.4. The van der Waals surface area contributed by atoms with Crippen LogP contribution in [0.3, 0.4) is 0 Å². The van der Waals surface area contributed by atoms with Gasteiger partial charge in [-0.05, 0) is 12.1 Å². The van der Waals surface area contributed by atoms with Crippen LogP contribution in [0.4, 0.5) is 5.95 Å². The molecule has 0 bridgehead atoms. The van der Waals surface area contributed by atoms with Gasteiger partial charge in [0, 0.05) is 35.8 Å². The van der Waals surface area contributed by atoms with Crippen LogP contribution in [0, 0.1) is 0 Å². The minimum Gasteiger partial charge on any atom is -0.378 e. The molecular formula is C17H16N6O. The summed E-state index contributed by atoms with van der Waals surface area (Å²) < 4.78 is 5.43. The fourth-order valence-electron chi connectivity index (χ4n) is 3.21. The monoisotopic (exact) mass is 320 g/mol. The number of H-pyrrole nitrogens is 2. The molecule has 0 unspecified atom stereocenters. The molecule has 24 heavy (non-hydrogen) atoms. The first-order valence-electron chi connectivity index (χ1n) is 8.00. The highest BCUT2D eigenvalue weighted by molar-refractivity contribution is 6.00. The highest BCUT2D eigenvalue weighted by atomic mass is 16.5. The molecule has 7 heteroatoms. The first-order valence-corrected chi connectivity index (χ1v) is 8.00. The Hall–Kier alpha value is -2.93. The number of hydrogen-bond acceptors (Lipinski definition) is 5. The van der Waals surface area contributed by atoms with E-state index in [0.29, 0.717) is 24.8 Å². The van der Waals surface area contributed by atoms with Crippen LogP contribution in [-0.2, 0) is 4.74 Å². The predicted molar refractivity (Wildman–Crippen MR) is 92.0 cm³/mol. The van der Waals surface area contributed by atoms with Crippen LogP contribution < -0.4 is 4.90 Å². The Labute approximate surface area is 137 Å². The number of aromatic nitrogens is 5. The van der Waals surface area contributed by atoms with Crippen LogP contribution in [0.25, 0.3) is 33.3 Å². The maximum Gasteiger partial charge on any atom is 0.228 e. The summed E-state index contributed by atoms with van der Waals surface area (Å²) in [7, 11) is 0. The van der Waals surface area contributed by atoms with Crippen molar-refractivity contribution in [3.05, 3.63) is 36.8 Å². The van der Waals surface area contributed by atoms with Gasteiger partial charge in [-0.2, -0.15) is 4.98 Å². The van der Waals surface area contributed by atoms with Crippen molar-refractivity contribution in [2.75, 3.05) is 31.2 Å². The molecule has 3 aromatic heterocycles. The van der Waals surface area contributed by atoms with Gasteiger partial charge in [0.25, 0.3) is 0 Å². The van der Waals surface area contributed by atoms with E-state index < -0.39 is 0 Å². The predicted octanol–water partition coefficient (Wildman–Crippen LogP) is 2.34. The van der Waals surface area contributed by atoms with Gasteiger partial charge in [0.1, 0.15) is 11.2 Å². The van der Waals surface area contributed by atoms with Gasteiger partial charge in [0.05, 0.1) is 19.5 Å². The van der Waals surface area contributed by atoms with Crippen molar-refractivity contribution in [2.24, 2.45) is 0 Å². The molecule has 0 atom stereocenters. The van der Waals surface area contributed by atoms with Crippen LogP contribution in [0.2, 0.25) is 0 Å². The Morgan fingerprint density at radius 3 is 2.88 bits per heavy atom. The number of aromatic amines is 2. The number of ether oxygens (including phenoxy) is 1. The summed E-state index contributed by atoms with van der Waals surface area (Å²) in [6, 6.07) is 8.26. The molecule has 1 aromatic carbocycles. The highest BCUT2D eigenvalue weighted by Crippen LogP contribution is 2.31. The molecule has 0 amide bonds. The zero-order valence-electron chi connectivity index (χ0n) is 13.0. The Morgan fingerprint density at radius 2 is 1.96 bits per heavy atom. The highest BCUT2D eigenvalue weighted by Gasteiger charge is 2.19. The van der Waals surface area contributed by atoms with Crippen molar-refractivity contribution in [2.45, 2.75) is 0 Å². The van der Waals surface area contributed by atoms with Gasteiger partial charge in [0.2, 0.25) is 5.95 Å². The van der Waals surface area contributed by atoms with E-state index in [1.807, 2.05) is 12.3 Å². The van der Waals surface area contributed by atoms with Gasteiger partial charge in [-0.25, -0.2) is 9.97 Å². The van der Waals surface area contributed by atoms with E-state index in [-0.39, 0.29) is 0 Å². The van der Waals surface area contributed by atoms with Crippen LogP contribution in [-0.4, -0.2) is 51.2 Å². The second kappa shape index (κ2) is 5.31. The summed E-state index contributed by atoms with van der Waals surface area (Å²) in [5.41, 5.74) is 4.59. The number of anilines is 1. The lowest BCUT2D eigenvalue weighted by Crippen LogP contribution is -2.37. The van der Waals surface area contributed by atoms with Gasteiger partial charge in [-0.3, -0.25) is 0 Å². The average Bonchev–Trinajstić information content (AvgIpc) is 3.30. The minimum atomic E-state index is 0.689. The molecule has 1 fully saturated rings. The van der Waals surface area contributed by atoms with Crippen molar-refractivity contribution in [1.82, 2.24) is 24.9 Å². The minimum absolute atomic E-state index is 0.689. The fraction of sp³-hybridized carbons (Fsp3) is 0.235. The number of imidazole rings is 1. The molecule has 0 aliphatic carbocycles. The zero-order valence-corrected chi connectivity index (χ0v) is 13.0. The first kappa shape index (κ1) is 13.5. The molecular weight excluding hydrogens is 304 g/mol. The van der Waals surface area contributed by atoms with Crippen molar-refractivity contribution < 1.29 is 4.74 Å². The van der Waals surface area contributed by atoms with E-state index >= 15 is 0 Å². The molecule has 1 aliphatic rings. The molecule has 0 radical (unpaired) electrons. The van der Waals surface area contributed by atoms with E-state index in [9.17, 15) is 0 Å². The molecule has 2 N–H and O–H groups in total. The van der Waals surface area contributed by atoms with Crippen molar-refractivity contribution in [3.8, 4) is 11.3 Å². The van der Waals surface area contributed by atoms with Crippen molar-refractivity contribution >= 4 is 28.0 Å². The van der Waals surface area contributed by atoms with Gasteiger partial charge >= 0.3 is 0 Å². The summed E-state index contributed by atoms with van der Waals surface area (Å²) in [6.07, 6.45) is 3.62. The zero-order chi connectivity index (χ0) is 15.9. The maximum atomic E-state index is 5.43. The summed E-state index contributed by atoms with van der Waals surface area (Å²) in [6.45, 7) is 2.99. The third-order valence-corrected chi connectivity index (χ3v) is 4.42. The molecule has 4 heterocycles. The number of hydrogen-bond donors (Lipinski definition) is 2. The Bertz CT molecular complexity index is 1010. The van der Waals surface area contributed by atoms with Gasteiger partial charge in [0.15, 0.2) is 5.65 Å².